The molecule has 0 N–H and O–H groups in total. The van der Waals surface area contributed by atoms with Gasteiger partial charge in [-0.3, -0.25) is 0 Å². The van der Waals surface area contributed by atoms with Gasteiger partial charge in [0, 0.05) is 5.92 Å². The Morgan fingerprint density at radius 3 is 3.06 bits per heavy atom. The first kappa shape index (κ1) is 12.5. The molecule has 1 aliphatic heterocycles. The molecule has 0 amide bonds. The highest BCUT2D eigenvalue weighted by molar-refractivity contribution is 7.99. The van der Waals surface area contributed by atoms with Crippen molar-refractivity contribution in [1.29, 1.82) is 0 Å². The lowest BCUT2D eigenvalue weighted by Crippen LogP contribution is -2.20. The third-order valence-corrected chi connectivity index (χ3v) is 4.57. The molecule has 2 nitrogen and oxygen atoms in total. The number of carbonyl (C=O) groups excluding carboxylic acids is 1. The zero-order valence-corrected chi connectivity index (χ0v) is 10.9. The molecule has 1 saturated heterocycles. The number of hydrogen-bond donors (Lipinski definition) is 0. The lowest BCUT2D eigenvalue weighted by molar-refractivity contribution is -0.110. The van der Waals surface area contributed by atoms with Crippen LogP contribution in [0.3, 0.4) is 0 Å². The van der Waals surface area contributed by atoms with Crippen LogP contribution in [0, 0.1) is 5.92 Å². The first-order valence-electron chi connectivity index (χ1n) is 6.02. The Morgan fingerprint density at radius 1 is 1.53 bits per heavy atom. The first-order chi connectivity index (χ1) is 8.35. The molecule has 1 fully saturated rings. The zero-order valence-electron chi connectivity index (χ0n) is 10.1. The first-order valence-corrected chi connectivity index (χ1v) is 7.17. The third-order valence-electron chi connectivity index (χ3n) is 3.33. The quantitative estimate of drug-likeness (QED) is 0.768. The molecule has 1 aromatic carbocycles. The van der Waals surface area contributed by atoms with Crippen molar-refractivity contribution in [2.75, 3.05) is 18.6 Å². The van der Waals surface area contributed by atoms with Crippen molar-refractivity contribution < 1.29 is 9.53 Å². The van der Waals surface area contributed by atoms with E-state index in [0.29, 0.717) is 5.92 Å². The van der Waals surface area contributed by atoms with Crippen LogP contribution < -0.4 is 4.74 Å². The Morgan fingerprint density at radius 2 is 2.41 bits per heavy atom. The molecule has 0 saturated carbocycles. The summed E-state index contributed by atoms with van der Waals surface area (Å²) in [4.78, 5) is 11.4. The fourth-order valence-corrected chi connectivity index (χ4v) is 3.57. The number of hydrogen-bond acceptors (Lipinski definition) is 3. The van der Waals surface area contributed by atoms with Gasteiger partial charge in [0.1, 0.15) is 12.0 Å². The molecule has 1 aliphatic rings. The second kappa shape index (κ2) is 6.10. The lowest BCUT2D eigenvalue weighted by Gasteiger charge is -2.26. The van der Waals surface area contributed by atoms with Gasteiger partial charge >= 0.3 is 0 Å². The van der Waals surface area contributed by atoms with Crippen LogP contribution in [0.4, 0.5) is 0 Å². The minimum absolute atomic E-state index is 0.0258. The van der Waals surface area contributed by atoms with E-state index in [9.17, 15) is 4.79 Å². The summed E-state index contributed by atoms with van der Waals surface area (Å²) in [5.41, 5.74) is 1.09. The van der Waals surface area contributed by atoms with E-state index in [1.54, 1.807) is 7.11 Å². The average Bonchev–Trinajstić information content (AvgIpc) is 2.41. The number of benzene rings is 1. The van der Waals surface area contributed by atoms with Gasteiger partial charge in [-0.05, 0) is 48.0 Å². The van der Waals surface area contributed by atoms with E-state index in [4.69, 9.17) is 4.74 Å². The van der Waals surface area contributed by atoms with Gasteiger partial charge in [-0.1, -0.05) is 12.1 Å². The van der Waals surface area contributed by atoms with Gasteiger partial charge in [0.05, 0.1) is 7.11 Å². The summed E-state index contributed by atoms with van der Waals surface area (Å²) in [5.74, 6) is 3.68. The van der Waals surface area contributed by atoms with Crippen molar-refractivity contribution in [2.24, 2.45) is 5.92 Å². The molecule has 1 aromatic rings. The monoisotopic (exact) mass is 250 g/mol. The summed E-state index contributed by atoms with van der Waals surface area (Å²) in [6.45, 7) is 0. The van der Waals surface area contributed by atoms with Crippen LogP contribution in [0.25, 0.3) is 0 Å². The maximum absolute atomic E-state index is 11.4. The molecule has 92 valence electrons. The molecule has 0 bridgehead atoms. The zero-order chi connectivity index (χ0) is 12.1. The molecule has 1 heterocycles. The fourth-order valence-electron chi connectivity index (χ4n) is 2.36. The molecule has 2 unspecified atom stereocenters. The van der Waals surface area contributed by atoms with Gasteiger partial charge in [-0.25, -0.2) is 0 Å². The van der Waals surface area contributed by atoms with Crippen LogP contribution in [0.15, 0.2) is 24.3 Å². The van der Waals surface area contributed by atoms with E-state index in [1.807, 2.05) is 36.0 Å². The Labute approximate surface area is 107 Å². The van der Waals surface area contributed by atoms with Gasteiger partial charge in [0.25, 0.3) is 0 Å². The van der Waals surface area contributed by atoms with Crippen LogP contribution in [0.2, 0.25) is 0 Å². The summed E-state index contributed by atoms with van der Waals surface area (Å²) < 4.78 is 5.22. The van der Waals surface area contributed by atoms with Crippen LogP contribution >= 0.6 is 11.8 Å². The van der Waals surface area contributed by atoms with Crippen molar-refractivity contribution in [3.05, 3.63) is 29.8 Å². The lowest BCUT2D eigenvalue weighted by atomic mass is 9.85. The van der Waals surface area contributed by atoms with E-state index in [2.05, 4.69) is 0 Å². The van der Waals surface area contributed by atoms with E-state index in [0.717, 1.165) is 29.8 Å². The highest BCUT2D eigenvalue weighted by Crippen LogP contribution is 2.34. The molecule has 3 heteroatoms. The average molecular weight is 250 g/mol. The highest BCUT2D eigenvalue weighted by Gasteiger charge is 2.25. The Bertz CT molecular complexity index is 372. The number of ether oxygens (including phenoxy) is 1. The summed E-state index contributed by atoms with van der Waals surface area (Å²) in [7, 11) is 1.66. The maximum Gasteiger partial charge on any atom is 0.127 e. The van der Waals surface area contributed by atoms with E-state index >= 15 is 0 Å². The predicted molar refractivity (Wildman–Crippen MR) is 71.8 cm³/mol. The molecule has 0 aromatic heterocycles. The number of carbonyl (C=O) groups is 1. The summed E-state index contributed by atoms with van der Waals surface area (Å²) in [6.07, 6.45) is 3.49. The number of aldehydes is 1. The molecule has 17 heavy (non-hydrogen) atoms. The van der Waals surface area contributed by atoms with Gasteiger partial charge in [0.15, 0.2) is 0 Å². The van der Waals surface area contributed by atoms with Gasteiger partial charge in [-0.15, -0.1) is 0 Å². The minimum atomic E-state index is 0.0258. The molecular weight excluding hydrogens is 232 g/mol. The number of methoxy groups -OCH3 is 1. The minimum Gasteiger partial charge on any atom is -0.497 e. The van der Waals surface area contributed by atoms with Crippen LogP contribution in [0.5, 0.6) is 5.75 Å². The SMILES string of the molecule is COc1cccc(C(C=O)C2CCCSC2)c1. The van der Waals surface area contributed by atoms with Gasteiger partial charge in [0.2, 0.25) is 0 Å². The van der Waals surface area contributed by atoms with Crippen molar-refractivity contribution in [3.8, 4) is 5.75 Å². The maximum atomic E-state index is 11.4. The van der Waals surface area contributed by atoms with Crippen molar-refractivity contribution in [2.45, 2.75) is 18.8 Å². The normalized spacial score (nSPS) is 21.8. The van der Waals surface area contributed by atoms with Gasteiger partial charge in [-0.2, -0.15) is 11.8 Å². The Balaban J connectivity index is 2.18. The van der Waals surface area contributed by atoms with Crippen LogP contribution in [-0.2, 0) is 4.79 Å². The molecule has 0 radical (unpaired) electrons. The van der Waals surface area contributed by atoms with Crippen molar-refractivity contribution in [1.82, 2.24) is 0 Å². The number of thioether (sulfide) groups is 1. The molecular formula is C14H18O2S. The van der Waals surface area contributed by atoms with E-state index in [1.165, 1.54) is 12.2 Å². The summed E-state index contributed by atoms with van der Waals surface area (Å²) in [6, 6.07) is 7.89. The predicted octanol–water partition coefficient (Wildman–Crippen LogP) is 3.12. The summed E-state index contributed by atoms with van der Waals surface area (Å²) >= 11 is 1.96. The second-order valence-electron chi connectivity index (χ2n) is 4.42. The highest BCUT2D eigenvalue weighted by atomic mass is 32.2. The second-order valence-corrected chi connectivity index (χ2v) is 5.57. The third kappa shape index (κ3) is 3.03. The van der Waals surface area contributed by atoms with E-state index < -0.39 is 0 Å². The number of rotatable bonds is 4. The van der Waals surface area contributed by atoms with Crippen LogP contribution in [0.1, 0.15) is 24.3 Å². The smallest absolute Gasteiger partial charge is 0.127 e. The Kier molecular flexibility index (Phi) is 4.49. The standard InChI is InChI=1S/C14H18O2S/c1-16-13-6-2-4-11(8-13)14(9-15)12-5-3-7-17-10-12/h2,4,6,8-9,12,14H,3,5,7,10H2,1H3. The van der Waals surface area contributed by atoms with E-state index in [-0.39, 0.29) is 5.92 Å². The van der Waals surface area contributed by atoms with Crippen molar-refractivity contribution >= 4 is 18.0 Å². The molecule has 2 rings (SSSR count). The molecule has 0 aliphatic carbocycles. The summed E-state index contributed by atoms with van der Waals surface area (Å²) in [5, 5.41) is 0. The van der Waals surface area contributed by atoms with Gasteiger partial charge < -0.3 is 9.53 Å². The molecule has 0 spiro atoms. The molecule has 2 atom stereocenters. The van der Waals surface area contributed by atoms with Crippen LogP contribution in [-0.4, -0.2) is 24.9 Å². The Hall–Kier alpha value is -0.960. The van der Waals surface area contributed by atoms with Crippen molar-refractivity contribution in [3.63, 3.8) is 0 Å². The fraction of sp³-hybridized carbons (Fsp3) is 0.500. The largest absolute Gasteiger partial charge is 0.497 e. The topological polar surface area (TPSA) is 26.3 Å².